The van der Waals surface area contributed by atoms with Gasteiger partial charge in [0, 0.05) is 24.4 Å². The zero-order chi connectivity index (χ0) is 13.2. The van der Waals surface area contributed by atoms with Gasteiger partial charge in [0.15, 0.2) is 0 Å². The molecule has 0 bridgehead atoms. The second kappa shape index (κ2) is 5.13. The van der Waals surface area contributed by atoms with Crippen molar-refractivity contribution in [3.8, 4) is 0 Å². The maximum absolute atomic E-state index is 12.2. The summed E-state index contributed by atoms with van der Waals surface area (Å²) < 4.78 is 5.34. The summed E-state index contributed by atoms with van der Waals surface area (Å²) in [5.41, 5.74) is 2.95. The summed E-state index contributed by atoms with van der Waals surface area (Å²) in [6, 6.07) is 5.85. The first-order valence-corrected chi connectivity index (χ1v) is 6.74. The molecule has 100 valence electrons. The zero-order valence-electron chi connectivity index (χ0n) is 10.8. The highest BCUT2D eigenvalue weighted by Crippen LogP contribution is 2.21. The molecule has 0 unspecified atom stereocenters. The third kappa shape index (κ3) is 2.68. The molecular formula is C15H17NO3. The lowest BCUT2D eigenvalue weighted by Gasteiger charge is -2.22. The molecule has 2 aliphatic rings. The monoisotopic (exact) mass is 259 g/mol. The van der Waals surface area contributed by atoms with Crippen molar-refractivity contribution < 1.29 is 14.3 Å². The predicted octanol–water partition coefficient (Wildman–Crippen LogP) is 1.96. The lowest BCUT2D eigenvalue weighted by molar-refractivity contribution is -0.120. The third-order valence-corrected chi connectivity index (χ3v) is 3.86. The Labute approximate surface area is 112 Å². The number of nitrogens with one attached hydrogen (secondary N) is 1. The number of rotatable bonds is 2. The van der Waals surface area contributed by atoms with Gasteiger partial charge in [-0.3, -0.25) is 9.59 Å². The van der Waals surface area contributed by atoms with Gasteiger partial charge in [0.1, 0.15) is 5.78 Å². The van der Waals surface area contributed by atoms with Crippen LogP contribution in [0.2, 0.25) is 0 Å². The molecule has 1 N–H and O–H groups in total. The van der Waals surface area contributed by atoms with Crippen LogP contribution in [0.3, 0.4) is 0 Å². The number of hydrogen-bond acceptors (Lipinski definition) is 3. The standard InChI is InChI=1S/C15H17NO3/c17-14-5-3-13(4-6-14)16-15(18)10-1-2-11-8-19-9-12(11)7-10/h1-2,7,13H,3-6,8-9H2,(H,16,18). The molecule has 0 atom stereocenters. The minimum absolute atomic E-state index is 0.0472. The molecule has 1 aliphatic heterocycles. The maximum atomic E-state index is 12.2. The Morgan fingerprint density at radius 3 is 2.68 bits per heavy atom. The van der Waals surface area contributed by atoms with Crippen LogP contribution in [-0.4, -0.2) is 17.7 Å². The first kappa shape index (κ1) is 12.4. The molecule has 0 spiro atoms. The topological polar surface area (TPSA) is 55.4 Å². The minimum Gasteiger partial charge on any atom is -0.372 e. The first-order valence-electron chi connectivity index (χ1n) is 6.74. The quantitative estimate of drug-likeness (QED) is 0.883. The van der Waals surface area contributed by atoms with Crippen LogP contribution in [0, 0.1) is 0 Å². The van der Waals surface area contributed by atoms with Crippen molar-refractivity contribution >= 4 is 11.7 Å². The summed E-state index contributed by atoms with van der Waals surface area (Å²) in [6.07, 6.45) is 2.70. The van der Waals surface area contributed by atoms with Crippen molar-refractivity contribution in [2.24, 2.45) is 0 Å². The number of fused-ring (bicyclic) bond motifs is 1. The van der Waals surface area contributed by atoms with Crippen LogP contribution >= 0.6 is 0 Å². The summed E-state index contributed by atoms with van der Waals surface area (Å²) >= 11 is 0. The summed E-state index contributed by atoms with van der Waals surface area (Å²) in [4.78, 5) is 23.3. The van der Waals surface area contributed by atoms with Gasteiger partial charge in [0.05, 0.1) is 13.2 Å². The van der Waals surface area contributed by atoms with E-state index in [1.165, 1.54) is 5.56 Å². The zero-order valence-corrected chi connectivity index (χ0v) is 10.8. The highest BCUT2D eigenvalue weighted by atomic mass is 16.5. The molecule has 0 aromatic heterocycles. The second-order valence-corrected chi connectivity index (χ2v) is 5.26. The SMILES string of the molecule is O=C1CCC(NC(=O)c2ccc3c(c2)COC3)CC1. The molecule has 4 heteroatoms. The van der Waals surface area contributed by atoms with Crippen molar-refractivity contribution in [3.05, 3.63) is 34.9 Å². The molecule has 19 heavy (non-hydrogen) atoms. The molecule has 1 amide bonds. The third-order valence-electron chi connectivity index (χ3n) is 3.86. The first-order chi connectivity index (χ1) is 9.22. The van der Waals surface area contributed by atoms with Gasteiger partial charge >= 0.3 is 0 Å². The van der Waals surface area contributed by atoms with E-state index < -0.39 is 0 Å². The molecule has 0 saturated heterocycles. The van der Waals surface area contributed by atoms with Crippen molar-refractivity contribution in [1.82, 2.24) is 5.32 Å². The van der Waals surface area contributed by atoms with Crippen LogP contribution in [0.4, 0.5) is 0 Å². The summed E-state index contributed by atoms with van der Waals surface area (Å²) in [5, 5.41) is 3.01. The number of ketones is 1. The minimum atomic E-state index is -0.0472. The van der Waals surface area contributed by atoms with Gasteiger partial charge in [-0.2, -0.15) is 0 Å². The number of hydrogen-bond donors (Lipinski definition) is 1. The summed E-state index contributed by atoms with van der Waals surface area (Å²) in [6.45, 7) is 1.23. The van der Waals surface area contributed by atoms with Crippen LogP contribution in [-0.2, 0) is 22.7 Å². The van der Waals surface area contributed by atoms with E-state index >= 15 is 0 Å². The van der Waals surface area contributed by atoms with Gasteiger partial charge in [-0.1, -0.05) is 6.07 Å². The van der Waals surface area contributed by atoms with Gasteiger partial charge < -0.3 is 10.1 Å². The number of ether oxygens (including phenoxy) is 1. The number of benzene rings is 1. The average Bonchev–Trinajstić information content (AvgIpc) is 2.88. The van der Waals surface area contributed by atoms with Gasteiger partial charge in [0.2, 0.25) is 0 Å². The number of carbonyl (C=O) groups is 2. The molecule has 1 heterocycles. The normalized spacial score (nSPS) is 19.3. The average molecular weight is 259 g/mol. The van der Waals surface area contributed by atoms with Crippen LogP contribution in [0.15, 0.2) is 18.2 Å². The second-order valence-electron chi connectivity index (χ2n) is 5.26. The van der Waals surface area contributed by atoms with Crippen LogP contribution in [0.25, 0.3) is 0 Å². The van der Waals surface area contributed by atoms with E-state index in [-0.39, 0.29) is 11.9 Å². The van der Waals surface area contributed by atoms with Crippen molar-refractivity contribution in [3.63, 3.8) is 0 Å². The van der Waals surface area contributed by atoms with Crippen LogP contribution in [0.1, 0.15) is 47.2 Å². The number of amides is 1. The molecule has 4 nitrogen and oxygen atoms in total. The van der Waals surface area contributed by atoms with Crippen LogP contribution < -0.4 is 5.32 Å². The fourth-order valence-corrected chi connectivity index (χ4v) is 2.67. The lowest BCUT2D eigenvalue weighted by Crippen LogP contribution is -2.37. The molecule has 1 aromatic carbocycles. The largest absolute Gasteiger partial charge is 0.372 e. The smallest absolute Gasteiger partial charge is 0.251 e. The number of carbonyl (C=O) groups excluding carboxylic acids is 2. The Hall–Kier alpha value is -1.68. The summed E-state index contributed by atoms with van der Waals surface area (Å²) in [7, 11) is 0. The fraction of sp³-hybridized carbons (Fsp3) is 0.467. The van der Waals surface area contributed by atoms with E-state index in [1.807, 2.05) is 18.2 Å². The number of Topliss-reactive ketones (excluding diaryl/α,β-unsaturated/α-hetero) is 1. The van der Waals surface area contributed by atoms with E-state index in [0.29, 0.717) is 37.4 Å². The Bertz CT molecular complexity index is 514. The van der Waals surface area contributed by atoms with Crippen molar-refractivity contribution in [2.75, 3.05) is 0 Å². The van der Waals surface area contributed by atoms with Crippen molar-refractivity contribution in [1.29, 1.82) is 0 Å². The molecular weight excluding hydrogens is 242 g/mol. The molecule has 1 saturated carbocycles. The van der Waals surface area contributed by atoms with Gasteiger partial charge in [-0.25, -0.2) is 0 Å². The van der Waals surface area contributed by atoms with E-state index in [0.717, 1.165) is 18.4 Å². The van der Waals surface area contributed by atoms with Crippen LogP contribution in [0.5, 0.6) is 0 Å². The van der Waals surface area contributed by atoms with Gasteiger partial charge in [0.25, 0.3) is 5.91 Å². The maximum Gasteiger partial charge on any atom is 0.251 e. The Balaban J connectivity index is 1.65. The van der Waals surface area contributed by atoms with E-state index in [4.69, 9.17) is 4.74 Å². The molecule has 1 aromatic rings. The van der Waals surface area contributed by atoms with E-state index in [2.05, 4.69) is 5.32 Å². The van der Waals surface area contributed by atoms with E-state index in [9.17, 15) is 9.59 Å². The Kier molecular flexibility index (Phi) is 3.34. The van der Waals surface area contributed by atoms with Crippen molar-refractivity contribution in [2.45, 2.75) is 44.9 Å². The highest BCUT2D eigenvalue weighted by Gasteiger charge is 2.21. The predicted molar refractivity (Wildman–Crippen MR) is 69.7 cm³/mol. The Morgan fingerprint density at radius 2 is 1.89 bits per heavy atom. The Morgan fingerprint density at radius 1 is 1.16 bits per heavy atom. The highest BCUT2D eigenvalue weighted by molar-refractivity contribution is 5.94. The fourth-order valence-electron chi connectivity index (χ4n) is 2.67. The molecule has 3 rings (SSSR count). The van der Waals surface area contributed by atoms with E-state index in [1.54, 1.807) is 0 Å². The lowest BCUT2D eigenvalue weighted by atomic mass is 9.94. The molecule has 1 aliphatic carbocycles. The van der Waals surface area contributed by atoms with Gasteiger partial charge in [-0.15, -0.1) is 0 Å². The molecule has 0 radical (unpaired) electrons. The summed E-state index contributed by atoms with van der Waals surface area (Å²) in [5.74, 6) is 0.259. The molecule has 1 fully saturated rings. The van der Waals surface area contributed by atoms with Gasteiger partial charge in [-0.05, 0) is 36.1 Å².